The Hall–Kier alpha value is -2.76. The summed E-state index contributed by atoms with van der Waals surface area (Å²) in [7, 11) is 0. The maximum atomic E-state index is 12.4. The topological polar surface area (TPSA) is 74.6 Å². The van der Waals surface area contributed by atoms with Crippen LogP contribution in [0.1, 0.15) is 29.7 Å². The molecule has 0 bridgehead atoms. The first-order chi connectivity index (χ1) is 12.1. The van der Waals surface area contributed by atoms with Crippen LogP contribution in [-0.2, 0) is 17.8 Å². The van der Waals surface area contributed by atoms with Gasteiger partial charge in [0, 0.05) is 37.3 Å². The molecule has 25 heavy (non-hydrogen) atoms. The Morgan fingerprint density at radius 1 is 1.20 bits per heavy atom. The molecule has 0 atom stereocenters. The highest BCUT2D eigenvalue weighted by atomic mass is 16.3. The van der Waals surface area contributed by atoms with Gasteiger partial charge in [-0.3, -0.25) is 4.79 Å². The highest BCUT2D eigenvalue weighted by Gasteiger charge is 2.23. The number of carbonyl (C=O) groups excluding carboxylic acids is 2. The van der Waals surface area contributed by atoms with E-state index in [-0.39, 0.29) is 11.9 Å². The molecule has 1 aromatic heterocycles. The van der Waals surface area contributed by atoms with Gasteiger partial charge >= 0.3 is 6.03 Å². The van der Waals surface area contributed by atoms with E-state index in [1.54, 1.807) is 6.26 Å². The monoisotopic (exact) mass is 341 g/mol. The molecule has 3 amide bonds. The smallest absolute Gasteiger partial charge is 0.315 e. The molecule has 0 fully saturated rings. The van der Waals surface area contributed by atoms with Crippen molar-refractivity contribution in [2.75, 3.05) is 18.0 Å². The van der Waals surface area contributed by atoms with Crippen LogP contribution in [0.2, 0.25) is 0 Å². The number of hydrogen-bond donors (Lipinski definition) is 2. The van der Waals surface area contributed by atoms with Gasteiger partial charge in [0.25, 0.3) is 0 Å². The predicted octanol–water partition coefficient (Wildman–Crippen LogP) is 2.76. The van der Waals surface area contributed by atoms with E-state index in [0.717, 1.165) is 30.0 Å². The van der Waals surface area contributed by atoms with Crippen molar-refractivity contribution >= 4 is 17.6 Å². The highest BCUT2D eigenvalue weighted by molar-refractivity contribution is 5.95. The number of rotatable bonds is 6. The molecule has 132 valence electrons. The van der Waals surface area contributed by atoms with Crippen molar-refractivity contribution in [3.8, 4) is 0 Å². The number of hydrogen-bond acceptors (Lipinski definition) is 3. The second-order valence-corrected chi connectivity index (χ2v) is 6.14. The average Bonchev–Trinajstić information content (AvgIpc) is 3.22. The summed E-state index contributed by atoms with van der Waals surface area (Å²) in [5.41, 5.74) is 3.20. The minimum atomic E-state index is -0.237. The summed E-state index contributed by atoms with van der Waals surface area (Å²) in [5.74, 6) is 0.915. The molecular formula is C19H23N3O3. The summed E-state index contributed by atoms with van der Waals surface area (Å²) >= 11 is 0. The summed E-state index contributed by atoms with van der Waals surface area (Å²) < 4.78 is 5.18. The van der Waals surface area contributed by atoms with Crippen LogP contribution >= 0.6 is 0 Å². The Balaban J connectivity index is 1.35. The molecule has 0 saturated carbocycles. The van der Waals surface area contributed by atoms with Gasteiger partial charge < -0.3 is 20.0 Å². The van der Waals surface area contributed by atoms with Crippen molar-refractivity contribution < 1.29 is 14.0 Å². The first-order valence-corrected chi connectivity index (χ1v) is 8.58. The number of aryl methyl sites for hydroxylation is 1. The number of carbonyl (C=O) groups is 2. The Labute approximate surface area is 147 Å². The van der Waals surface area contributed by atoms with E-state index in [2.05, 4.69) is 16.7 Å². The average molecular weight is 341 g/mol. The minimum absolute atomic E-state index is 0.112. The van der Waals surface area contributed by atoms with Crippen LogP contribution < -0.4 is 15.5 Å². The lowest BCUT2D eigenvalue weighted by atomic mass is 10.2. The Morgan fingerprint density at radius 3 is 2.84 bits per heavy atom. The van der Waals surface area contributed by atoms with Crippen LogP contribution in [-0.4, -0.2) is 25.0 Å². The van der Waals surface area contributed by atoms with Crippen LogP contribution in [0.15, 0.2) is 41.0 Å². The lowest BCUT2D eigenvalue weighted by molar-refractivity contribution is -0.118. The Bertz CT molecular complexity index is 754. The zero-order chi connectivity index (χ0) is 17.6. The molecule has 1 aliphatic rings. The number of fused-ring (bicyclic) bond motifs is 1. The highest BCUT2D eigenvalue weighted by Crippen LogP contribution is 2.27. The van der Waals surface area contributed by atoms with Gasteiger partial charge in [-0.05, 0) is 37.5 Å². The van der Waals surface area contributed by atoms with Crippen LogP contribution in [0.4, 0.5) is 10.5 Å². The fourth-order valence-electron chi connectivity index (χ4n) is 3.01. The molecular weight excluding hydrogens is 318 g/mol. The Kier molecular flexibility index (Phi) is 5.38. The maximum absolute atomic E-state index is 12.4. The van der Waals surface area contributed by atoms with Gasteiger partial charge in [0.05, 0.1) is 6.26 Å². The largest absolute Gasteiger partial charge is 0.469 e. The second-order valence-electron chi connectivity index (χ2n) is 6.14. The zero-order valence-electron chi connectivity index (χ0n) is 14.4. The molecule has 0 spiro atoms. The van der Waals surface area contributed by atoms with E-state index in [4.69, 9.17) is 4.42 Å². The molecule has 2 N–H and O–H groups in total. The number of amides is 3. The predicted molar refractivity (Wildman–Crippen MR) is 95.4 cm³/mol. The number of furan rings is 1. The third kappa shape index (κ3) is 4.21. The molecule has 0 radical (unpaired) electrons. The molecule has 6 nitrogen and oxygen atoms in total. The van der Waals surface area contributed by atoms with Crippen molar-refractivity contribution in [1.29, 1.82) is 0 Å². The van der Waals surface area contributed by atoms with Crippen LogP contribution in [0.3, 0.4) is 0 Å². The first kappa shape index (κ1) is 17.1. The van der Waals surface area contributed by atoms with Crippen molar-refractivity contribution in [1.82, 2.24) is 10.6 Å². The zero-order valence-corrected chi connectivity index (χ0v) is 14.4. The lowest BCUT2D eigenvalue weighted by Gasteiger charge is -2.17. The van der Waals surface area contributed by atoms with Gasteiger partial charge in [-0.1, -0.05) is 18.2 Å². The van der Waals surface area contributed by atoms with E-state index in [0.29, 0.717) is 25.9 Å². The van der Waals surface area contributed by atoms with Gasteiger partial charge in [0.15, 0.2) is 0 Å². The van der Waals surface area contributed by atoms with Gasteiger partial charge in [-0.15, -0.1) is 0 Å². The first-order valence-electron chi connectivity index (χ1n) is 8.58. The SMILES string of the molecule is Cc1occc1CNC(=O)NCCCC(=O)N1CCc2ccccc21. The van der Waals surface area contributed by atoms with Crippen LogP contribution in [0.5, 0.6) is 0 Å². The van der Waals surface area contributed by atoms with E-state index in [1.165, 1.54) is 5.56 Å². The van der Waals surface area contributed by atoms with Crippen molar-refractivity contribution in [2.45, 2.75) is 32.7 Å². The van der Waals surface area contributed by atoms with Crippen LogP contribution in [0, 0.1) is 6.92 Å². The number of para-hydroxylation sites is 1. The van der Waals surface area contributed by atoms with Crippen LogP contribution in [0.25, 0.3) is 0 Å². The number of benzene rings is 1. The Morgan fingerprint density at radius 2 is 2.04 bits per heavy atom. The number of nitrogens with one attached hydrogen (secondary N) is 2. The maximum Gasteiger partial charge on any atom is 0.315 e. The molecule has 3 rings (SSSR count). The summed E-state index contributed by atoms with van der Waals surface area (Å²) in [6, 6.07) is 9.61. The third-order valence-electron chi connectivity index (χ3n) is 4.45. The van der Waals surface area contributed by atoms with Gasteiger partial charge in [-0.25, -0.2) is 4.79 Å². The van der Waals surface area contributed by atoms with Gasteiger partial charge in [0.2, 0.25) is 5.91 Å². The molecule has 6 heteroatoms. The fraction of sp³-hybridized carbons (Fsp3) is 0.368. The molecule has 0 unspecified atom stereocenters. The molecule has 1 aliphatic heterocycles. The third-order valence-corrected chi connectivity index (χ3v) is 4.45. The molecule has 2 heterocycles. The number of nitrogens with zero attached hydrogens (tertiary/aromatic N) is 1. The van der Waals surface area contributed by atoms with Crippen molar-refractivity contribution in [3.63, 3.8) is 0 Å². The summed E-state index contributed by atoms with van der Waals surface area (Å²) in [6.45, 7) is 3.50. The normalized spacial score (nSPS) is 12.8. The molecule has 0 saturated heterocycles. The number of anilines is 1. The van der Waals surface area contributed by atoms with E-state index in [9.17, 15) is 9.59 Å². The fourth-order valence-corrected chi connectivity index (χ4v) is 3.01. The lowest BCUT2D eigenvalue weighted by Crippen LogP contribution is -2.36. The molecule has 1 aromatic carbocycles. The van der Waals surface area contributed by atoms with E-state index in [1.807, 2.05) is 36.1 Å². The minimum Gasteiger partial charge on any atom is -0.469 e. The van der Waals surface area contributed by atoms with Crippen molar-refractivity contribution in [3.05, 3.63) is 53.5 Å². The van der Waals surface area contributed by atoms with Crippen molar-refractivity contribution in [2.24, 2.45) is 0 Å². The van der Waals surface area contributed by atoms with Gasteiger partial charge in [-0.2, -0.15) is 0 Å². The van der Waals surface area contributed by atoms with Gasteiger partial charge in [0.1, 0.15) is 5.76 Å². The summed E-state index contributed by atoms with van der Waals surface area (Å²) in [5, 5.41) is 5.56. The quantitative estimate of drug-likeness (QED) is 0.794. The summed E-state index contributed by atoms with van der Waals surface area (Å²) in [4.78, 5) is 26.0. The molecule has 0 aliphatic carbocycles. The standard InChI is InChI=1S/C19H23N3O3/c1-14-16(9-12-25-14)13-21-19(24)20-10-4-7-18(23)22-11-8-15-5-2-3-6-17(15)22/h2-3,5-6,9,12H,4,7-8,10-11,13H2,1H3,(H2,20,21,24). The second kappa shape index (κ2) is 7.88. The van der Waals surface area contributed by atoms with E-state index >= 15 is 0 Å². The number of urea groups is 1. The molecule has 2 aromatic rings. The van der Waals surface area contributed by atoms with E-state index < -0.39 is 0 Å². The summed E-state index contributed by atoms with van der Waals surface area (Å²) in [6.07, 6.45) is 3.56.